The molecule has 5 rings (SSSR count). The number of imidazole rings is 1. The van der Waals surface area contributed by atoms with E-state index < -0.39 is 5.95 Å². The molecule has 0 spiro atoms. The van der Waals surface area contributed by atoms with E-state index in [4.69, 9.17) is 9.97 Å². The molecule has 1 N–H and O–H groups in total. The Morgan fingerprint density at radius 1 is 1.03 bits per heavy atom. The second kappa shape index (κ2) is 8.91. The van der Waals surface area contributed by atoms with E-state index in [1.165, 1.54) is 11.6 Å². The molecule has 3 aromatic heterocycles. The van der Waals surface area contributed by atoms with Crippen molar-refractivity contribution in [3.63, 3.8) is 0 Å². The Morgan fingerprint density at radius 3 is 2.49 bits per heavy atom. The molecule has 0 amide bonds. The van der Waals surface area contributed by atoms with E-state index in [9.17, 15) is 4.39 Å². The van der Waals surface area contributed by atoms with Crippen molar-refractivity contribution >= 4 is 28.6 Å². The van der Waals surface area contributed by atoms with E-state index in [1.54, 1.807) is 12.5 Å². The summed E-state index contributed by atoms with van der Waals surface area (Å²) in [7, 11) is 1.96. The molecule has 1 aromatic carbocycles. The van der Waals surface area contributed by atoms with E-state index in [1.807, 2.05) is 17.7 Å². The zero-order valence-corrected chi connectivity index (χ0v) is 21.0. The highest BCUT2D eigenvalue weighted by Crippen LogP contribution is 2.33. The molecule has 8 heteroatoms. The minimum atomic E-state index is -0.438. The van der Waals surface area contributed by atoms with Gasteiger partial charge in [-0.05, 0) is 59.9 Å². The van der Waals surface area contributed by atoms with Crippen LogP contribution in [0.3, 0.4) is 0 Å². The lowest BCUT2D eigenvalue weighted by Gasteiger charge is -2.32. The third kappa shape index (κ3) is 4.70. The first kappa shape index (κ1) is 23.2. The number of hydrogen-bond acceptors (Lipinski definition) is 6. The maximum Gasteiger partial charge on any atom is 0.229 e. The predicted molar refractivity (Wildman–Crippen MR) is 138 cm³/mol. The number of hydrogen-bond donors (Lipinski definition) is 1. The number of anilines is 3. The molecule has 0 bridgehead atoms. The van der Waals surface area contributed by atoms with Crippen molar-refractivity contribution in [3.05, 3.63) is 65.5 Å². The Hall–Kier alpha value is -3.55. The zero-order chi connectivity index (χ0) is 24.7. The first-order valence-corrected chi connectivity index (χ1v) is 12.1. The third-order valence-corrected chi connectivity index (χ3v) is 6.92. The Balaban J connectivity index is 1.44. The fourth-order valence-electron chi connectivity index (χ4n) is 4.67. The normalized spacial score (nSPS) is 15.1. The van der Waals surface area contributed by atoms with Crippen molar-refractivity contribution in [1.29, 1.82) is 0 Å². The van der Waals surface area contributed by atoms with Gasteiger partial charge in [0.1, 0.15) is 5.52 Å². The van der Waals surface area contributed by atoms with E-state index in [0.29, 0.717) is 17.5 Å². The quantitative estimate of drug-likeness (QED) is 0.387. The molecule has 35 heavy (non-hydrogen) atoms. The zero-order valence-electron chi connectivity index (χ0n) is 21.0. The van der Waals surface area contributed by atoms with Gasteiger partial charge in [0.05, 0.1) is 6.33 Å². The number of benzene rings is 1. The number of fused-ring (bicyclic) bond motifs is 1. The molecule has 4 aromatic rings. The summed E-state index contributed by atoms with van der Waals surface area (Å²) in [5.74, 6) is 1.35. The first-order valence-electron chi connectivity index (χ1n) is 12.1. The Bertz CT molecular complexity index is 1350. The van der Waals surface area contributed by atoms with Crippen LogP contribution in [0, 0.1) is 12.9 Å². The van der Waals surface area contributed by atoms with Crippen molar-refractivity contribution in [2.24, 2.45) is 7.05 Å². The second-order valence-electron chi connectivity index (χ2n) is 10.5. The van der Waals surface area contributed by atoms with Gasteiger partial charge in [-0.2, -0.15) is 14.4 Å². The Morgan fingerprint density at radius 2 is 1.80 bits per heavy atom. The third-order valence-electron chi connectivity index (χ3n) is 6.92. The van der Waals surface area contributed by atoms with Gasteiger partial charge in [-0.3, -0.25) is 0 Å². The van der Waals surface area contributed by atoms with Gasteiger partial charge in [-0.25, -0.2) is 9.97 Å². The summed E-state index contributed by atoms with van der Waals surface area (Å²) in [6.07, 6.45) is 5.31. The second-order valence-corrected chi connectivity index (χ2v) is 10.5. The summed E-state index contributed by atoms with van der Waals surface area (Å²) in [4.78, 5) is 20.3. The largest absolute Gasteiger partial charge is 0.341 e. The van der Waals surface area contributed by atoms with Crippen molar-refractivity contribution in [3.8, 4) is 0 Å². The molecule has 0 saturated carbocycles. The minimum absolute atomic E-state index is 0.0488. The van der Waals surface area contributed by atoms with Gasteiger partial charge in [-0.15, -0.1) is 0 Å². The van der Waals surface area contributed by atoms with Crippen LogP contribution >= 0.6 is 0 Å². The van der Waals surface area contributed by atoms with Gasteiger partial charge in [0.2, 0.25) is 11.9 Å². The number of rotatable bonds is 4. The van der Waals surface area contributed by atoms with E-state index >= 15 is 0 Å². The molecule has 1 aliphatic rings. The van der Waals surface area contributed by atoms with E-state index in [2.05, 4.69) is 66.1 Å². The Kier molecular flexibility index (Phi) is 5.91. The van der Waals surface area contributed by atoms with Crippen LogP contribution in [0.4, 0.5) is 21.8 Å². The van der Waals surface area contributed by atoms with Gasteiger partial charge < -0.3 is 14.8 Å². The molecule has 1 saturated heterocycles. The standard InChI is InChI=1S/C27H32FN7/c1-17-6-8-20(27(2,3)4)14-21(17)31-25-23-24(30-16-34(23)5)32-26(33-25)35-12-10-18(11-13-35)19-7-9-22(28)29-15-19/h6-9,14-16,18H,10-13H2,1-5H3,(H,31,32,33). The number of aryl methyl sites for hydroxylation is 2. The van der Waals surface area contributed by atoms with Gasteiger partial charge in [0.25, 0.3) is 0 Å². The molecule has 1 aliphatic heterocycles. The summed E-state index contributed by atoms with van der Waals surface area (Å²) in [6.45, 7) is 10.4. The summed E-state index contributed by atoms with van der Waals surface area (Å²) in [5, 5.41) is 3.59. The van der Waals surface area contributed by atoms with Gasteiger partial charge in [0.15, 0.2) is 11.5 Å². The van der Waals surface area contributed by atoms with Crippen molar-refractivity contribution in [1.82, 2.24) is 24.5 Å². The highest BCUT2D eigenvalue weighted by atomic mass is 19.1. The number of nitrogens with zero attached hydrogens (tertiary/aromatic N) is 6. The molecule has 7 nitrogen and oxygen atoms in total. The van der Waals surface area contributed by atoms with Crippen LogP contribution in [0.2, 0.25) is 0 Å². The van der Waals surface area contributed by atoms with E-state index in [0.717, 1.165) is 54.1 Å². The molecular formula is C27H32FN7. The van der Waals surface area contributed by atoms with Crippen LogP contribution in [0.1, 0.15) is 56.2 Å². The molecule has 0 unspecified atom stereocenters. The maximum atomic E-state index is 13.2. The number of halogens is 1. The maximum absolute atomic E-state index is 13.2. The van der Waals surface area contributed by atoms with Crippen LogP contribution in [0.15, 0.2) is 42.9 Å². The lowest BCUT2D eigenvalue weighted by molar-refractivity contribution is 0.496. The summed E-state index contributed by atoms with van der Waals surface area (Å²) in [6, 6.07) is 9.83. The van der Waals surface area contributed by atoms with Crippen LogP contribution in [-0.2, 0) is 12.5 Å². The van der Waals surface area contributed by atoms with Gasteiger partial charge >= 0.3 is 0 Å². The van der Waals surface area contributed by atoms with Crippen molar-refractivity contribution in [2.75, 3.05) is 23.3 Å². The lowest BCUT2D eigenvalue weighted by atomic mass is 9.86. The molecule has 0 atom stereocenters. The summed E-state index contributed by atoms with van der Waals surface area (Å²) in [5.41, 5.74) is 6.14. The smallest absolute Gasteiger partial charge is 0.229 e. The van der Waals surface area contributed by atoms with Crippen LogP contribution in [-0.4, -0.2) is 37.6 Å². The van der Waals surface area contributed by atoms with Crippen molar-refractivity contribution < 1.29 is 4.39 Å². The highest BCUT2D eigenvalue weighted by molar-refractivity contribution is 5.87. The first-order chi connectivity index (χ1) is 16.7. The lowest BCUT2D eigenvalue weighted by Crippen LogP contribution is -2.34. The fourth-order valence-corrected chi connectivity index (χ4v) is 4.67. The minimum Gasteiger partial charge on any atom is -0.341 e. The molecule has 0 aliphatic carbocycles. The number of pyridine rings is 1. The SMILES string of the molecule is Cc1ccc(C(C)(C)C)cc1Nc1nc(N2CCC(c3ccc(F)nc3)CC2)nc2ncn(C)c12. The van der Waals surface area contributed by atoms with Gasteiger partial charge in [-0.1, -0.05) is 39.0 Å². The average Bonchev–Trinajstić information content (AvgIpc) is 3.21. The molecule has 0 radical (unpaired) electrons. The van der Waals surface area contributed by atoms with Crippen LogP contribution in [0.25, 0.3) is 11.2 Å². The number of piperidine rings is 1. The topological polar surface area (TPSA) is 71.8 Å². The van der Waals surface area contributed by atoms with Gasteiger partial charge in [0, 0.05) is 32.0 Å². The molecule has 1 fully saturated rings. The fraction of sp³-hybridized carbons (Fsp3) is 0.407. The number of aromatic nitrogens is 5. The van der Waals surface area contributed by atoms with Crippen LogP contribution in [0.5, 0.6) is 0 Å². The van der Waals surface area contributed by atoms with Crippen molar-refractivity contribution in [2.45, 2.75) is 51.9 Å². The molecule has 182 valence electrons. The number of nitrogens with one attached hydrogen (secondary N) is 1. The summed E-state index contributed by atoms with van der Waals surface area (Å²) >= 11 is 0. The molecule has 4 heterocycles. The predicted octanol–water partition coefficient (Wildman–Crippen LogP) is 5.63. The monoisotopic (exact) mass is 473 g/mol. The average molecular weight is 474 g/mol. The summed E-state index contributed by atoms with van der Waals surface area (Å²) < 4.78 is 15.2. The Labute approximate surface area is 205 Å². The van der Waals surface area contributed by atoms with Crippen LogP contribution < -0.4 is 10.2 Å². The highest BCUT2D eigenvalue weighted by Gasteiger charge is 2.25. The van der Waals surface area contributed by atoms with E-state index in [-0.39, 0.29) is 5.41 Å². The molecular weight excluding hydrogens is 441 g/mol.